The Morgan fingerprint density at radius 3 is 2.61 bits per heavy atom. The maximum absolute atomic E-state index is 12.0. The maximum Gasteiger partial charge on any atom is 0.328 e. The predicted molar refractivity (Wildman–Crippen MR) is 67.3 cm³/mol. The summed E-state index contributed by atoms with van der Waals surface area (Å²) in [5, 5.41) is 6.12. The zero-order chi connectivity index (χ0) is 13.3. The summed E-state index contributed by atoms with van der Waals surface area (Å²) in [4.78, 5) is 15.9. The van der Waals surface area contributed by atoms with Gasteiger partial charge in [-0.2, -0.15) is 4.98 Å². The Bertz CT molecular complexity index is 604. The van der Waals surface area contributed by atoms with Crippen LogP contribution in [0.2, 0.25) is 0 Å². The van der Waals surface area contributed by atoms with Crippen LogP contribution in [-0.4, -0.2) is 16.0 Å². The predicted octanol–water partition coefficient (Wildman–Crippen LogP) is 1.83. The fourth-order valence-corrected chi connectivity index (χ4v) is 1.63. The number of nitrogens with zero attached hydrogens (tertiary/aromatic N) is 2. The van der Waals surface area contributed by atoms with E-state index >= 15 is 0 Å². The van der Waals surface area contributed by atoms with Gasteiger partial charge < -0.3 is 10.3 Å². The molecular weight excluding hydrogens is 232 g/mol. The summed E-state index contributed by atoms with van der Waals surface area (Å²) in [6.07, 6.45) is 0. The first-order valence-corrected chi connectivity index (χ1v) is 5.46. The second kappa shape index (κ2) is 4.48. The SMILES string of the molecule is Cc1noc(NC(=O)c2cc(N)c(C)cc2C)n1. The third kappa shape index (κ3) is 2.32. The van der Waals surface area contributed by atoms with Crippen molar-refractivity contribution in [1.29, 1.82) is 0 Å². The molecule has 0 spiro atoms. The van der Waals surface area contributed by atoms with Crippen LogP contribution in [0.3, 0.4) is 0 Å². The van der Waals surface area contributed by atoms with E-state index in [0.29, 0.717) is 17.1 Å². The normalized spacial score (nSPS) is 10.4. The lowest BCUT2D eigenvalue weighted by molar-refractivity contribution is 0.102. The number of aromatic nitrogens is 2. The zero-order valence-electron chi connectivity index (χ0n) is 10.4. The van der Waals surface area contributed by atoms with Crippen molar-refractivity contribution in [2.45, 2.75) is 20.8 Å². The molecule has 1 aromatic heterocycles. The van der Waals surface area contributed by atoms with Gasteiger partial charge in [0, 0.05) is 11.3 Å². The average Bonchev–Trinajstić information content (AvgIpc) is 2.69. The molecule has 1 amide bonds. The number of carbonyl (C=O) groups excluding carboxylic acids is 1. The molecule has 3 N–H and O–H groups in total. The van der Waals surface area contributed by atoms with Gasteiger partial charge in [-0.25, -0.2) is 0 Å². The van der Waals surface area contributed by atoms with E-state index in [9.17, 15) is 4.79 Å². The van der Waals surface area contributed by atoms with E-state index < -0.39 is 0 Å². The molecule has 0 atom stereocenters. The topological polar surface area (TPSA) is 94.0 Å². The molecule has 6 heteroatoms. The quantitative estimate of drug-likeness (QED) is 0.788. The number of carbonyl (C=O) groups is 1. The van der Waals surface area contributed by atoms with Gasteiger partial charge in [0.05, 0.1) is 0 Å². The number of anilines is 2. The van der Waals surface area contributed by atoms with E-state index in [1.54, 1.807) is 13.0 Å². The molecule has 0 radical (unpaired) electrons. The molecule has 2 aromatic rings. The molecule has 0 aliphatic rings. The number of aryl methyl sites for hydroxylation is 3. The van der Waals surface area contributed by atoms with E-state index in [0.717, 1.165) is 11.1 Å². The van der Waals surface area contributed by atoms with Gasteiger partial charge in [-0.15, -0.1) is 0 Å². The van der Waals surface area contributed by atoms with Crippen molar-refractivity contribution >= 4 is 17.6 Å². The third-order valence-electron chi connectivity index (χ3n) is 2.61. The molecular formula is C12H14N4O2. The second-order valence-electron chi connectivity index (χ2n) is 4.12. The summed E-state index contributed by atoms with van der Waals surface area (Å²) in [5.41, 5.74) is 8.65. The lowest BCUT2D eigenvalue weighted by Gasteiger charge is -2.08. The molecule has 18 heavy (non-hydrogen) atoms. The molecule has 0 bridgehead atoms. The number of hydrogen-bond donors (Lipinski definition) is 2. The number of benzene rings is 1. The standard InChI is InChI=1S/C12H14N4O2/c1-6-4-7(2)10(13)5-9(6)11(17)15-12-14-8(3)16-18-12/h4-5H,13H2,1-3H3,(H,14,15,16,17). The van der Waals surface area contributed by atoms with Crippen LogP contribution in [-0.2, 0) is 0 Å². The Labute approximate surface area is 104 Å². The van der Waals surface area contributed by atoms with Crippen LogP contribution in [0.15, 0.2) is 16.7 Å². The first kappa shape index (κ1) is 12.1. The van der Waals surface area contributed by atoms with Gasteiger partial charge in [-0.1, -0.05) is 11.2 Å². The van der Waals surface area contributed by atoms with Crippen molar-refractivity contribution in [2.75, 3.05) is 11.1 Å². The first-order chi connectivity index (χ1) is 8.47. The molecule has 2 rings (SSSR count). The van der Waals surface area contributed by atoms with Gasteiger partial charge in [-0.3, -0.25) is 10.1 Å². The largest absolute Gasteiger partial charge is 0.398 e. The summed E-state index contributed by atoms with van der Waals surface area (Å²) in [6, 6.07) is 3.59. The number of nitrogens with two attached hydrogens (primary N) is 1. The van der Waals surface area contributed by atoms with Crippen molar-refractivity contribution in [2.24, 2.45) is 0 Å². The minimum Gasteiger partial charge on any atom is -0.398 e. The monoisotopic (exact) mass is 246 g/mol. The van der Waals surface area contributed by atoms with E-state index in [4.69, 9.17) is 10.3 Å². The fraction of sp³-hybridized carbons (Fsp3) is 0.250. The van der Waals surface area contributed by atoms with Crippen molar-refractivity contribution in [3.8, 4) is 0 Å². The highest BCUT2D eigenvalue weighted by Gasteiger charge is 2.13. The fourth-order valence-electron chi connectivity index (χ4n) is 1.63. The number of amides is 1. The summed E-state index contributed by atoms with van der Waals surface area (Å²) < 4.78 is 4.83. The Morgan fingerprint density at radius 2 is 2.00 bits per heavy atom. The van der Waals surface area contributed by atoms with E-state index in [1.165, 1.54) is 0 Å². The van der Waals surface area contributed by atoms with Crippen LogP contribution in [0, 0.1) is 20.8 Å². The van der Waals surface area contributed by atoms with Crippen LogP contribution < -0.4 is 11.1 Å². The summed E-state index contributed by atoms with van der Waals surface area (Å²) in [6.45, 7) is 5.42. The van der Waals surface area contributed by atoms with Crippen LogP contribution in [0.1, 0.15) is 27.3 Å². The van der Waals surface area contributed by atoms with E-state index in [-0.39, 0.29) is 11.9 Å². The molecule has 0 saturated carbocycles. The Kier molecular flexibility index (Phi) is 3.01. The second-order valence-corrected chi connectivity index (χ2v) is 4.12. The Balaban J connectivity index is 2.26. The molecule has 1 heterocycles. The zero-order valence-corrected chi connectivity index (χ0v) is 10.4. The summed E-state index contributed by atoms with van der Waals surface area (Å²) in [5.74, 6) is 0.147. The molecule has 6 nitrogen and oxygen atoms in total. The van der Waals surface area contributed by atoms with Gasteiger partial charge in [-0.05, 0) is 38.0 Å². The number of nitrogen functional groups attached to an aromatic ring is 1. The molecule has 1 aromatic carbocycles. The smallest absolute Gasteiger partial charge is 0.328 e. The highest BCUT2D eigenvalue weighted by atomic mass is 16.5. The highest BCUT2D eigenvalue weighted by Crippen LogP contribution is 2.18. The van der Waals surface area contributed by atoms with Gasteiger partial charge in [0.1, 0.15) is 0 Å². The van der Waals surface area contributed by atoms with E-state index in [2.05, 4.69) is 15.5 Å². The molecule has 0 saturated heterocycles. The molecule has 0 fully saturated rings. The average molecular weight is 246 g/mol. The lowest BCUT2D eigenvalue weighted by atomic mass is 10.0. The molecule has 0 aliphatic carbocycles. The molecule has 0 aliphatic heterocycles. The van der Waals surface area contributed by atoms with Crippen molar-refractivity contribution in [3.63, 3.8) is 0 Å². The number of rotatable bonds is 2. The Morgan fingerprint density at radius 1 is 1.28 bits per heavy atom. The van der Waals surface area contributed by atoms with Crippen LogP contribution in [0.5, 0.6) is 0 Å². The van der Waals surface area contributed by atoms with Gasteiger partial charge in [0.15, 0.2) is 5.82 Å². The van der Waals surface area contributed by atoms with Crippen molar-refractivity contribution in [1.82, 2.24) is 10.1 Å². The third-order valence-corrected chi connectivity index (χ3v) is 2.61. The number of nitrogens with one attached hydrogen (secondary N) is 1. The lowest BCUT2D eigenvalue weighted by Crippen LogP contribution is -2.14. The van der Waals surface area contributed by atoms with Gasteiger partial charge in [0.2, 0.25) is 0 Å². The van der Waals surface area contributed by atoms with Crippen LogP contribution >= 0.6 is 0 Å². The molecule has 94 valence electrons. The molecule has 0 unspecified atom stereocenters. The minimum atomic E-state index is -0.317. The van der Waals surface area contributed by atoms with Crippen LogP contribution in [0.25, 0.3) is 0 Å². The Hall–Kier alpha value is -2.37. The summed E-state index contributed by atoms with van der Waals surface area (Å²) >= 11 is 0. The summed E-state index contributed by atoms with van der Waals surface area (Å²) in [7, 11) is 0. The van der Waals surface area contributed by atoms with Crippen LogP contribution in [0.4, 0.5) is 11.7 Å². The van der Waals surface area contributed by atoms with E-state index in [1.807, 2.05) is 19.9 Å². The van der Waals surface area contributed by atoms with Crippen molar-refractivity contribution < 1.29 is 9.32 Å². The van der Waals surface area contributed by atoms with Crippen molar-refractivity contribution in [3.05, 3.63) is 34.6 Å². The first-order valence-electron chi connectivity index (χ1n) is 5.46. The van der Waals surface area contributed by atoms with Gasteiger partial charge >= 0.3 is 6.01 Å². The highest BCUT2D eigenvalue weighted by molar-refractivity contribution is 6.04. The maximum atomic E-state index is 12.0. The minimum absolute atomic E-state index is 0.0797. The van der Waals surface area contributed by atoms with Gasteiger partial charge in [0.25, 0.3) is 5.91 Å². The number of hydrogen-bond acceptors (Lipinski definition) is 5.